The number of ether oxygens (including phenoxy) is 1. The largest absolute Gasteiger partial charge is 0.447 e. The fourth-order valence-electron chi connectivity index (χ4n) is 4.08. The lowest BCUT2D eigenvalue weighted by atomic mass is 9.98. The summed E-state index contributed by atoms with van der Waals surface area (Å²) in [4.78, 5) is 31.2. The molecule has 2 amide bonds. The maximum absolute atomic E-state index is 13.5. The van der Waals surface area contributed by atoms with Crippen molar-refractivity contribution in [3.05, 3.63) is 70.9 Å². The third-order valence-electron chi connectivity index (χ3n) is 5.78. The maximum Gasteiger partial charge on any atom is 0.412 e. The highest BCUT2D eigenvalue weighted by atomic mass is 35.5. The number of benzene rings is 2. The van der Waals surface area contributed by atoms with Gasteiger partial charge < -0.3 is 14.7 Å². The Balaban J connectivity index is 1.65. The molecule has 3 aromatic rings. The third-order valence-corrected chi connectivity index (χ3v) is 6.13. The van der Waals surface area contributed by atoms with Crippen molar-refractivity contribution in [2.45, 2.75) is 51.7 Å². The molecule has 2 N–H and O–H groups in total. The third kappa shape index (κ3) is 8.36. The Morgan fingerprint density at radius 1 is 1.14 bits per heavy atom. The smallest absolute Gasteiger partial charge is 0.412 e. The number of likely N-dealkylation sites (N-methyl/N-ethyl adjacent to an activating group) is 1. The van der Waals surface area contributed by atoms with Crippen LogP contribution in [0.2, 0.25) is 5.02 Å². The van der Waals surface area contributed by atoms with Crippen LogP contribution < -0.4 is 5.32 Å². The van der Waals surface area contributed by atoms with Gasteiger partial charge >= 0.3 is 6.09 Å². The number of amides is 2. The molecule has 0 aliphatic heterocycles. The van der Waals surface area contributed by atoms with Gasteiger partial charge in [0.1, 0.15) is 24.1 Å². The first kappa shape index (κ1) is 28.3. The van der Waals surface area contributed by atoms with Crippen LogP contribution >= 0.6 is 11.6 Å². The molecular formula is C27H30ClF2N3O4. The summed E-state index contributed by atoms with van der Waals surface area (Å²) in [6.07, 6.45) is 1.27. The van der Waals surface area contributed by atoms with E-state index in [9.17, 15) is 23.5 Å². The first-order chi connectivity index (χ1) is 17.4. The lowest BCUT2D eigenvalue weighted by molar-refractivity contribution is -0.135. The van der Waals surface area contributed by atoms with E-state index >= 15 is 0 Å². The zero-order chi connectivity index (χ0) is 27.2. The van der Waals surface area contributed by atoms with Crippen molar-refractivity contribution in [3.8, 4) is 0 Å². The summed E-state index contributed by atoms with van der Waals surface area (Å²) in [5, 5.41) is 14.5. The Hall–Kier alpha value is -3.30. The van der Waals surface area contributed by atoms with Gasteiger partial charge in [-0.25, -0.2) is 18.6 Å². The molecule has 0 saturated heterocycles. The van der Waals surface area contributed by atoms with E-state index in [0.29, 0.717) is 29.3 Å². The number of anilines is 1. The van der Waals surface area contributed by atoms with Crippen LogP contribution in [0, 0.1) is 11.6 Å². The molecule has 1 heterocycles. The van der Waals surface area contributed by atoms with Crippen molar-refractivity contribution in [1.82, 2.24) is 9.88 Å². The van der Waals surface area contributed by atoms with Gasteiger partial charge in [0.15, 0.2) is 0 Å². The summed E-state index contributed by atoms with van der Waals surface area (Å²) in [6.45, 7) is 5.15. The number of carbonyl (C=O) groups excluding carboxylic acids is 2. The van der Waals surface area contributed by atoms with Crippen LogP contribution in [-0.4, -0.2) is 51.8 Å². The number of fused-ring (bicyclic) bond motifs is 1. The van der Waals surface area contributed by atoms with Gasteiger partial charge in [0.25, 0.3) is 0 Å². The van der Waals surface area contributed by atoms with E-state index in [1.54, 1.807) is 31.7 Å². The van der Waals surface area contributed by atoms with E-state index in [1.807, 2.05) is 0 Å². The Morgan fingerprint density at radius 3 is 2.51 bits per heavy atom. The monoisotopic (exact) mass is 533 g/mol. The topological polar surface area (TPSA) is 91.8 Å². The first-order valence-electron chi connectivity index (χ1n) is 11.9. The number of rotatable bonds is 10. The molecule has 0 saturated carbocycles. The van der Waals surface area contributed by atoms with E-state index < -0.39 is 29.4 Å². The number of hydrogen-bond acceptors (Lipinski definition) is 5. The number of halogens is 3. The predicted molar refractivity (Wildman–Crippen MR) is 138 cm³/mol. The zero-order valence-corrected chi connectivity index (χ0v) is 21.7. The van der Waals surface area contributed by atoms with Gasteiger partial charge in [0.2, 0.25) is 5.91 Å². The number of nitrogens with one attached hydrogen (secondary N) is 1. The molecule has 2 aromatic carbocycles. The molecule has 10 heteroatoms. The minimum absolute atomic E-state index is 0.102. The number of hydrogen-bond donors (Lipinski definition) is 2. The Bertz CT molecular complexity index is 1270. The number of pyridine rings is 1. The first-order valence-corrected chi connectivity index (χ1v) is 12.3. The van der Waals surface area contributed by atoms with E-state index in [-0.39, 0.29) is 36.2 Å². The standard InChI is InChI=1S/C27H30ClF2N3O4/c1-4-33(25(34)10-7-17-5-8-21(30)13-23(17)28)22(14-27(2,3)36)16-37-26(35)32-24-12-19-11-20(29)9-6-18(19)15-31-24/h5-6,8-9,11-13,15,22,36H,4,7,10,14,16H2,1-3H3,(H,31,32,35)/t22-/m0/s1. The number of aryl methyl sites for hydroxylation is 1. The Morgan fingerprint density at radius 2 is 1.84 bits per heavy atom. The van der Waals surface area contributed by atoms with Crippen LogP contribution in [0.15, 0.2) is 48.7 Å². The fourth-order valence-corrected chi connectivity index (χ4v) is 4.34. The van der Waals surface area contributed by atoms with Gasteiger partial charge in [-0.3, -0.25) is 10.1 Å². The molecule has 0 unspecified atom stereocenters. The van der Waals surface area contributed by atoms with Crippen molar-refractivity contribution in [3.63, 3.8) is 0 Å². The van der Waals surface area contributed by atoms with Crippen molar-refractivity contribution < 1.29 is 28.2 Å². The van der Waals surface area contributed by atoms with Crippen LogP contribution in [0.3, 0.4) is 0 Å². The molecule has 7 nitrogen and oxygen atoms in total. The summed E-state index contributed by atoms with van der Waals surface area (Å²) in [6, 6.07) is 9.18. The highest BCUT2D eigenvalue weighted by Crippen LogP contribution is 2.22. The van der Waals surface area contributed by atoms with Crippen molar-refractivity contribution in [2.75, 3.05) is 18.5 Å². The van der Waals surface area contributed by atoms with E-state index in [1.165, 1.54) is 42.6 Å². The molecular weight excluding hydrogens is 504 g/mol. The van der Waals surface area contributed by atoms with Gasteiger partial charge in [-0.1, -0.05) is 17.7 Å². The molecule has 37 heavy (non-hydrogen) atoms. The van der Waals surface area contributed by atoms with Crippen molar-refractivity contribution in [1.29, 1.82) is 0 Å². The Labute approximate surface area is 219 Å². The minimum Gasteiger partial charge on any atom is -0.447 e. The second-order valence-corrected chi connectivity index (χ2v) is 9.78. The molecule has 0 radical (unpaired) electrons. The van der Waals surface area contributed by atoms with E-state index in [0.717, 1.165) is 0 Å². The molecule has 0 bridgehead atoms. The molecule has 3 rings (SSSR count). The van der Waals surface area contributed by atoms with Crippen LogP contribution in [0.5, 0.6) is 0 Å². The van der Waals surface area contributed by atoms with E-state index in [2.05, 4.69) is 10.3 Å². The quantitative estimate of drug-likeness (QED) is 0.347. The summed E-state index contributed by atoms with van der Waals surface area (Å²) in [5.41, 5.74) is -0.493. The highest BCUT2D eigenvalue weighted by molar-refractivity contribution is 6.31. The van der Waals surface area contributed by atoms with Crippen molar-refractivity contribution >= 4 is 40.2 Å². The lowest BCUT2D eigenvalue weighted by Gasteiger charge is -2.34. The Kier molecular flexibility index (Phi) is 9.39. The maximum atomic E-state index is 13.5. The van der Waals surface area contributed by atoms with E-state index in [4.69, 9.17) is 16.3 Å². The van der Waals surface area contributed by atoms with Gasteiger partial charge in [0, 0.05) is 29.6 Å². The molecule has 198 valence electrons. The number of aromatic nitrogens is 1. The summed E-state index contributed by atoms with van der Waals surface area (Å²) in [5.74, 6) is -0.907. The second-order valence-electron chi connectivity index (χ2n) is 9.37. The van der Waals surface area contributed by atoms with Gasteiger partial charge in [-0.05, 0) is 81.0 Å². The highest BCUT2D eigenvalue weighted by Gasteiger charge is 2.29. The van der Waals surface area contributed by atoms with Gasteiger partial charge in [-0.15, -0.1) is 0 Å². The molecule has 0 aliphatic carbocycles. The SMILES string of the molecule is CCN(C(=O)CCc1ccc(F)cc1Cl)[C@H](COC(=O)Nc1cc2cc(F)ccc2cn1)CC(C)(C)O. The average Bonchev–Trinajstić information content (AvgIpc) is 2.81. The summed E-state index contributed by atoms with van der Waals surface area (Å²) >= 11 is 6.08. The zero-order valence-electron chi connectivity index (χ0n) is 20.9. The predicted octanol–water partition coefficient (Wildman–Crippen LogP) is 5.73. The van der Waals surface area contributed by atoms with Gasteiger partial charge in [-0.2, -0.15) is 0 Å². The van der Waals surface area contributed by atoms with Crippen LogP contribution in [0.4, 0.5) is 19.4 Å². The molecule has 0 fully saturated rings. The lowest BCUT2D eigenvalue weighted by Crippen LogP contribution is -2.47. The molecule has 1 aromatic heterocycles. The summed E-state index contributed by atoms with van der Waals surface area (Å²) < 4.78 is 32.2. The minimum atomic E-state index is -1.14. The van der Waals surface area contributed by atoms with Crippen LogP contribution in [0.1, 0.15) is 39.2 Å². The fraction of sp³-hybridized carbons (Fsp3) is 0.370. The average molecular weight is 534 g/mol. The number of carbonyl (C=O) groups is 2. The van der Waals surface area contributed by atoms with Gasteiger partial charge in [0.05, 0.1) is 11.6 Å². The molecule has 1 atom stereocenters. The number of nitrogens with zero attached hydrogens (tertiary/aromatic N) is 2. The van der Waals surface area contributed by atoms with Crippen LogP contribution in [-0.2, 0) is 16.0 Å². The van der Waals surface area contributed by atoms with Crippen LogP contribution in [0.25, 0.3) is 10.8 Å². The number of aliphatic hydroxyl groups is 1. The molecule has 0 aliphatic rings. The summed E-state index contributed by atoms with van der Waals surface area (Å²) in [7, 11) is 0. The second kappa shape index (κ2) is 12.3. The van der Waals surface area contributed by atoms with Crippen molar-refractivity contribution in [2.24, 2.45) is 0 Å². The molecule has 0 spiro atoms. The normalized spacial score (nSPS) is 12.3.